The van der Waals surface area contributed by atoms with Gasteiger partial charge in [0.15, 0.2) is 0 Å². The highest BCUT2D eigenvalue weighted by molar-refractivity contribution is 5.94. The predicted octanol–water partition coefficient (Wildman–Crippen LogP) is 3.01. The lowest BCUT2D eigenvalue weighted by Crippen LogP contribution is -2.41. The summed E-state index contributed by atoms with van der Waals surface area (Å²) in [6.07, 6.45) is 2.18. The number of carbonyl (C=O) groups excluding carboxylic acids is 1. The molecule has 3 heteroatoms. The number of amides is 1. The number of hydrogen-bond donors (Lipinski definition) is 0. The van der Waals surface area contributed by atoms with Crippen molar-refractivity contribution in [2.45, 2.75) is 26.7 Å². The van der Waals surface area contributed by atoms with Crippen molar-refractivity contribution in [3.05, 3.63) is 29.8 Å². The minimum absolute atomic E-state index is 0.167. The van der Waals surface area contributed by atoms with E-state index in [1.165, 1.54) is 0 Å². The summed E-state index contributed by atoms with van der Waals surface area (Å²) in [4.78, 5) is 16.4. The quantitative estimate of drug-likeness (QED) is 0.816. The molecule has 0 atom stereocenters. The smallest absolute Gasteiger partial charge is 0.253 e. The number of piperidine rings is 1. The van der Waals surface area contributed by atoms with Gasteiger partial charge in [-0.1, -0.05) is 13.8 Å². The van der Waals surface area contributed by atoms with Gasteiger partial charge in [-0.3, -0.25) is 4.79 Å². The van der Waals surface area contributed by atoms with E-state index in [1.54, 1.807) is 0 Å². The third kappa shape index (κ3) is 3.28. The molecule has 3 nitrogen and oxygen atoms in total. The predicted molar refractivity (Wildman–Crippen MR) is 79.7 cm³/mol. The second kappa shape index (κ2) is 5.24. The molecule has 0 aromatic heterocycles. The molecule has 0 spiro atoms. The lowest BCUT2D eigenvalue weighted by molar-refractivity contribution is 0.0630. The number of hydrogen-bond acceptors (Lipinski definition) is 2. The normalized spacial score (nSPS) is 18.2. The van der Waals surface area contributed by atoms with Gasteiger partial charge in [0.25, 0.3) is 5.91 Å². The Kier molecular flexibility index (Phi) is 3.83. The minimum Gasteiger partial charge on any atom is -0.378 e. The zero-order valence-electron chi connectivity index (χ0n) is 12.4. The van der Waals surface area contributed by atoms with Crippen LogP contribution in [0.4, 0.5) is 5.69 Å². The van der Waals surface area contributed by atoms with Crippen molar-refractivity contribution >= 4 is 11.6 Å². The van der Waals surface area contributed by atoms with Crippen LogP contribution in [0.1, 0.15) is 37.0 Å². The summed E-state index contributed by atoms with van der Waals surface area (Å²) in [5.41, 5.74) is 2.30. The van der Waals surface area contributed by atoms with Crippen LogP contribution < -0.4 is 4.90 Å². The molecule has 1 heterocycles. The van der Waals surface area contributed by atoms with E-state index in [0.29, 0.717) is 5.41 Å². The molecule has 0 unspecified atom stereocenters. The Morgan fingerprint density at radius 1 is 1.11 bits per heavy atom. The maximum absolute atomic E-state index is 12.4. The van der Waals surface area contributed by atoms with Crippen molar-refractivity contribution in [3.8, 4) is 0 Å². The van der Waals surface area contributed by atoms with Crippen LogP contribution in [-0.2, 0) is 0 Å². The van der Waals surface area contributed by atoms with E-state index in [1.807, 2.05) is 48.2 Å². The van der Waals surface area contributed by atoms with E-state index in [-0.39, 0.29) is 5.91 Å². The van der Waals surface area contributed by atoms with Gasteiger partial charge in [0.1, 0.15) is 0 Å². The molecule has 1 aliphatic rings. The SMILES string of the molecule is CN(C)c1ccc(C(=O)N2CCC(C)(C)CC2)cc1. The molecule has 0 aliphatic carbocycles. The van der Waals surface area contributed by atoms with Crippen LogP contribution in [0, 0.1) is 5.41 Å². The van der Waals surface area contributed by atoms with Crippen molar-refractivity contribution in [3.63, 3.8) is 0 Å². The molecule has 19 heavy (non-hydrogen) atoms. The Bertz CT molecular complexity index is 438. The number of anilines is 1. The highest BCUT2D eigenvalue weighted by Gasteiger charge is 2.28. The van der Waals surface area contributed by atoms with E-state index in [2.05, 4.69) is 13.8 Å². The van der Waals surface area contributed by atoms with Gasteiger partial charge >= 0.3 is 0 Å². The third-order valence-electron chi connectivity index (χ3n) is 4.03. The van der Waals surface area contributed by atoms with Crippen molar-refractivity contribution in [2.75, 3.05) is 32.1 Å². The first-order valence-electron chi connectivity index (χ1n) is 6.96. The van der Waals surface area contributed by atoms with Crippen molar-refractivity contribution in [1.29, 1.82) is 0 Å². The first-order chi connectivity index (χ1) is 8.89. The summed E-state index contributed by atoms with van der Waals surface area (Å²) in [7, 11) is 4.01. The van der Waals surface area contributed by atoms with E-state index in [4.69, 9.17) is 0 Å². The van der Waals surface area contributed by atoms with E-state index >= 15 is 0 Å². The molecule has 1 saturated heterocycles. The van der Waals surface area contributed by atoms with Gasteiger partial charge in [-0.05, 0) is 42.5 Å². The van der Waals surface area contributed by atoms with Crippen LogP contribution in [0.3, 0.4) is 0 Å². The highest BCUT2D eigenvalue weighted by atomic mass is 16.2. The van der Waals surface area contributed by atoms with Gasteiger partial charge in [-0.15, -0.1) is 0 Å². The van der Waals surface area contributed by atoms with Gasteiger partial charge in [-0.2, -0.15) is 0 Å². The van der Waals surface area contributed by atoms with Crippen LogP contribution in [0.15, 0.2) is 24.3 Å². The lowest BCUT2D eigenvalue weighted by Gasteiger charge is -2.37. The van der Waals surface area contributed by atoms with Crippen LogP contribution >= 0.6 is 0 Å². The number of rotatable bonds is 2. The molecular weight excluding hydrogens is 236 g/mol. The summed E-state index contributed by atoms with van der Waals surface area (Å²) < 4.78 is 0. The summed E-state index contributed by atoms with van der Waals surface area (Å²) in [6, 6.07) is 7.86. The molecule has 1 aliphatic heterocycles. The molecule has 2 rings (SSSR count). The molecule has 1 fully saturated rings. The van der Waals surface area contributed by atoms with E-state index in [9.17, 15) is 4.79 Å². The number of carbonyl (C=O) groups is 1. The topological polar surface area (TPSA) is 23.6 Å². The van der Waals surface area contributed by atoms with Crippen molar-refractivity contribution in [2.24, 2.45) is 5.41 Å². The zero-order chi connectivity index (χ0) is 14.0. The molecule has 104 valence electrons. The standard InChI is InChI=1S/C16H24N2O/c1-16(2)9-11-18(12-10-16)15(19)13-5-7-14(8-6-13)17(3)4/h5-8H,9-12H2,1-4H3. The summed E-state index contributed by atoms with van der Waals surface area (Å²) in [5.74, 6) is 0.167. The highest BCUT2D eigenvalue weighted by Crippen LogP contribution is 2.30. The first kappa shape index (κ1) is 13.9. The Morgan fingerprint density at radius 3 is 2.11 bits per heavy atom. The largest absolute Gasteiger partial charge is 0.378 e. The molecule has 0 saturated carbocycles. The third-order valence-corrected chi connectivity index (χ3v) is 4.03. The average molecular weight is 260 g/mol. The van der Waals surface area contributed by atoms with Gasteiger partial charge in [0.2, 0.25) is 0 Å². The van der Waals surface area contributed by atoms with Gasteiger partial charge < -0.3 is 9.80 Å². The Labute approximate surface area is 116 Å². The maximum atomic E-state index is 12.4. The monoisotopic (exact) mass is 260 g/mol. The van der Waals surface area contributed by atoms with Crippen LogP contribution in [-0.4, -0.2) is 38.0 Å². The minimum atomic E-state index is 0.167. The summed E-state index contributed by atoms with van der Waals surface area (Å²) in [5, 5.41) is 0. The fourth-order valence-electron chi connectivity index (χ4n) is 2.40. The number of likely N-dealkylation sites (tertiary alicyclic amines) is 1. The fraction of sp³-hybridized carbons (Fsp3) is 0.562. The van der Waals surface area contributed by atoms with Gasteiger partial charge in [-0.25, -0.2) is 0 Å². The van der Waals surface area contributed by atoms with Crippen LogP contribution in [0.2, 0.25) is 0 Å². The van der Waals surface area contributed by atoms with E-state index < -0.39 is 0 Å². The Balaban J connectivity index is 2.04. The molecule has 1 amide bonds. The molecule has 1 aromatic carbocycles. The second-order valence-electron chi connectivity index (χ2n) is 6.40. The average Bonchev–Trinajstić information content (AvgIpc) is 2.38. The van der Waals surface area contributed by atoms with Crippen molar-refractivity contribution < 1.29 is 4.79 Å². The van der Waals surface area contributed by atoms with Crippen LogP contribution in [0.5, 0.6) is 0 Å². The Hall–Kier alpha value is -1.51. The first-order valence-corrected chi connectivity index (χ1v) is 6.96. The second-order valence-corrected chi connectivity index (χ2v) is 6.40. The van der Waals surface area contributed by atoms with Gasteiger partial charge in [0.05, 0.1) is 0 Å². The van der Waals surface area contributed by atoms with Crippen molar-refractivity contribution in [1.82, 2.24) is 4.90 Å². The molecular formula is C16H24N2O. The maximum Gasteiger partial charge on any atom is 0.253 e. The summed E-state index contributed by atoms with van der Waals surface area (Å²) in [6.45, 7) is 6.31. The number of nitrogens with zero attached hydrogens (tertiary/aromatic N) is 2. The molecule has 1 aromatic rings. The summed E-state index contributed by atoms with van der Waals surface area (Å²) >= 11 is 0. The molecule has 0 bridgehead atoms. The molecule has 0 N–H and O–H groups in total. The number of benzene rings is 1. The fourth-order valence-corrected chi connectivity index (χ4v) is 2.40. The van der Waals surface area contributed by atoms with Gasteiger partial charge in [0, 0.05) is 38.4 Å². The Morgan fingerprint density at radius 2 is 1.63 bits per heavy atom. The van der Waals surface area contributed by atoms with E-state index in [0.717, 1.165) is 37.2 Å². The zero-order valence-corrected chi connectivity index (χ0v) is 12.4. The van der Waals surface area contributed by atoms with Crippen LogP contribution in [0.25, 0.3) is 0 Å². The lowest BCUT2D eigenvalue weighted by atomic mass is 9.82. The molecule has 0 radical (unpaired) electrons.